The first-order chi connectivity index (χ1) is 18.3. The van der Waals surface area contributed by atoms with E-state index in [0.717, 1.165) is 17.8 Å². The molecule has 2 aromatic heterocycles. The summed E-state index contributed by atoms with van der Waals surface area (Å²) in [4.78, 5) is 35.9. The summed E-state index contributed by atoms with van der Waals surface area (Å²) in [7, 11) is 5.48. The molecule has 0 aliphatic rings. The molecule has 5 N–H and O–H groups in total. The van der Waals surface area contributed by atoms with Gasteiger partial charge in [0.1, 0.15) is 5.58 Å². The third-order valence-corrected chi connectivity index (χ3v) is 6.04. The van der Waals surface area contributed by atoms with Crippen LogP contribution in [0.1, 0.15) is 27.0 Å². The number of halogens is 1. The number of anilines is 2. The van der Waals surface area contributed by atoms with Crippen molar-refractivity contribution >= 4 is 46.9 Å². The molecule has 0 aliphatic carbocycles. The Kier molecular flexibility index (Phi) is 9.85. The summed E-state index contributed by atoms with van der Waals surface area (Å²) < 4.78 is 26.5. The van der Waals surface area contributed by atoms with Crippen LogP contribution in [0.3, 0.4) is 0 Å². The van der Waals surface area contributed by atoms with Crippen LogP contribution in [0.5, 0.6) is 0 Å². The molecule has 0 spiro atoms. The average Bonchev–Trinajstić information content (AvgIpc) is 3.44. The first kappa shape index (κ1) is 28.2. The number of benzene rings is 2. The largest absolute Gasteiger partial charge is 0.483 e. The number of hydrogen-bond acceptors (Lipinski definition) is 9. The number of carbonyl (C=O) groups is 2. The molecule has 1 amide bonds. The summed E-state index contributed by atoms with van der Waals surface area (Å²) >= 11 is 1.13. The van der Waals surface area contributed by atoms with Gasteiger partial charge in [-0.05, 0) is 36.4 Å². The molecule has 200 valence electrons. The fourth-order valence-corrected chi connectivity index (χ4v) is 4.06. The van der Waals surface area contributed by atoms with Gasteiger partial charge in [0.2, 0.25) is 0 Å². The van der Waals surface area contributed by atoms with Crippen LogP contribution < -0.4 is 25.3 Å². The standard InChI is InChI=1S/C24H25FN6O3S.CH2O2/c1-26-35-30-20-6-4-5-14(22(20)25)9-18-19(13-27-23(32)15-11-28-29-12-15)17-8-7-16(31(2)3)10-21(17)34-24(18)33;2-1-3/h4-8,10-12,26,30H,9,13H2,1-3H3,(H,27,32)(H,28,29);1H,(H,2,3). The molecule has 4 rings (SSSR count). The highest BCUT2D eigenvalue weighted by molar-refractivity contribution is 7.98. The number of carbonyl (C=O) groups excluding carboxylic acids is 1. The zero-order chi connectivity index (χ0) is 27.7. The van der Waals surface area contributed by atoms with Crippen molar-refractivity contribution in [1.82, 2.24) is 20.2 Å². The van der Waals surface area contributed by atoms with E-state index in [2.05, 4.69) is 25.0 Å². The minimum atomic E-state index is -0.580. The predicted molar refractivity (Wildman–Crippen MR) is 145 cm³/mol. The molecule has 0 aliphatic heterocycles. The fraction of sp³-hybridized carbons (Fsp3) is 0.200. The number of fused-ring (bicyclic) bond motifs is 1. The Morgan fingerprint density at radius 1 is 1.26 bits per heavy atom. The first-order valence-electron chi connectivity index (χ1n) is 11.3. The van der Waals surface area contributed by atoms with Gasteiger partial charge in [0, 0.05) is 68.1 Å². The van der Waals surface area contributed by atoms with Gasteiger partial charge in [-0.2, -0.15) is 5.10 Å². The molecule has 0 bridgehead atoms. The van der Waals surface area contributed by atoms with Gasteiger partial charge in [-0.15, -0.1) is 0 Å². The van der Waals surface area contributed by atoms with Crippen molar-refractivity contribution in [2.45, 2.75) is 13.0 Å². The van der Waals surface area contributed by atoms with Gasteiger partial charge in [-0.1, -0.05) is 12.1 Å². The minimum absolute atomic E-state index is 0.00378. The number of nitrogens with one attached hydrogen (secondary N) is 4. The van der Waals surface area contributed by atoms with Crippen molar-refractivity contribution in [3.8, 4) is 0 Å². The number of aromatic amines is 1. The lowest BCUT2D eigenvalue weighted by Crippen LogP contribution is -2.25. The normalized spacial score (nSPS) is 10.4. The Balaban J connectivity index is 0.00000127. The smallest absolute Gasteiger partial charge is 0.340 e. The van der Waals surface area contributed by atoms with E-state index >= 15 is 4.39 Å². The highest BCUT2D eigenvalue weighted by atomic mass is 32.2. The number of nitrogens with zero attached hydrogens (tertiary/aromatic N) is 2. The van der Waals surface area contributed by atoms with Crippen molar-refractivity contribution in [3.63, 3.8) is 0 Å². The van der Waals surface area contributed by atoms with Gasteiger partial charge in [-0.25, -0.2) is 13.9 Å². The summed E-state index contributed by atoms with van der Waals surface area (Å²) in [6, 6.07) is 10.4. The molecule has 0 radical (unpaired) electrons. The van der Waals surface area contributed by atoms with Crippen LogP contribution in [-0.2, 0) is 17.8 Å². The third kappa shape index (κ3) is 6.69. The Bertz CT molecular complexity index is 1460. The van der Waals surface area contributed by atoms with Crippen LogP contribution in [-0.4, -0.2) is 48.8 Å². The van der Waals surface area contributed by atoms with E-state index in [1.807, 2.05) is 31.1 Å². The van der Waals surface area contributed by atoms with Crippen molar-refractivity contribution in [2.24, 2.45) is 0 Å². The van der Waals surface area contributed by atoms with E-state index in [1.54, 1.807) is 31.3 Å². The van der Waals surface area contributed by atoms with E-state index in [1.165, 1.54) is 12.4 Å². The van der Waals surface area contributed by atoms with E-state index in [9.17, 15) is 9.59 Å². The summed E-state index contributed by atoms with van der Waals surface area (Å²) in [5, 5.41) is 16.8. The van der Waals surface area contributed by atoms with E-state index in [0.29, 0.717) is 27.7 Å². The third-order valence-electron chi connectivity index (χ3n) is 5.52. The summed E-state index contributed by atoms with van der Waals surface area (Å²) in [5.74, 6) is -0.816. The van der Waals surface area contributed by atoms with Crippen LogP contribution in [0.25, 0.3) is 11.0 Å². The van der Waals surface area contributed by atoms with E-state index in [4.69, 9.17) is 14.3 Å². The van der Waals surface area contributed by atoms with Crippen molar-refractivity contribution in [3.05, 3.63) is 87.3 Å². The number of rotatable bonds is 9. The first-order valence-corrected chi connectivity index (χ1v) is 12.1. The average molecular weight is 543 g/mol. The zero-order valence-corrected chi connectivity index (χ0v) is 21.7. The van der Waals surface area contributed by atoms with Gasteiger partial charge in [0.15, 0.2) is 5.82 Å². The fourth-order valence-electron chi connectivity index (χ4n) is 3.69. The lowest BCUT2D eigenvalue weighted by Gasteiger charge is -2.16. The highest BCUT2D eigenvalue weighted by Crippen LogP contribution is 2.28. The quantitative estimate of drug-likeness (QED) is 0.121. The number of carboxylic acid groups (broad SMARTS) is 1. The minimum Gasteiger partial charge on any atom is -0.483 e. The SMILES string of the molecule is CNSNc1cccc(Cc2c(CNC(=O)c3cn[nH]c3)c3ccc(N(C)C)cc3oc2=O)c1F.O=CO. The molecule has 0 saturated carbocycles. The van der Waals surface area contributed by atoms with Crippen LogP contribution in [0.15, 0.2) is 58.0 Å². The summed E-state index contributed by atoms with van der Waals surface area (Å²) in [5.41, 5.74) is 2.49. The Labute approximate surface area is 221 Å². The van der Waals surface area contributed by atoms with Gasteiger partial charge < -0.3 is 24.5 Å². The second kappa shape index (κ2) is 13.3. The maximum atomic E-state index is 15.2. The molecule has 38 heavy (non-hydrogen) atoms. The second-order valence-electron chi connectivity index (χ2n) is 8.06. The predicted octanol–water partition coefficient (Wildman–Crippen LogP) is 3.14. The van der Waals surface area contributed by atoms with Gasteiger partial charge in [-0.3, -0.25) is 14.7 Å². The van der Waals surface area contributed by atoms with Crippen LogP contribution in [0, 0.1) is 5.82 Å². The summed E-state index contributed by atoms with van der Waals surface area (Å²) in [6.45, 7) is -0.197. The van der Waals surface area contributed by atoms with Crippen LogP contribution in [0.2, 0.25) is 0 Å². The molecular weight excluding hydrogens is 515 g/mol. The van der Waals surface area contributed by atoms with Gasteiger partial charge in [0.25, 0.3) is 12.4 Å². The molecule has 2 aromatic carbocycles. The highest BCUT2D eigenvalue weighted by Gasteiger charge is 2.19. The van der Waals surface area contributed by atoms with Crippen LogP contribution >= 0.6 is 12.1 Å². The monoisotopic (exact) mass is 542 g/mol. The van der Waals surface area contributed by atoms with Crippen LogP contribution in [0.4, 0.5) is 15.8 Å². The molecule has 4 aromatic rings. The van der Waals surface area contributed by atoms with Crippen molar-refractivity contribution < 1.29 is 23.5 Å². The van der Waals surface area contributed by atoms with Gasteiger partial charge in [0.05, 0.1) is 17.4 Å². The maximum Gasteiger partial charge on any atom is 0.340 e. The molecule has 11 nitrogen and oxygen atoms in total. The Hall–Kier alpha value is -4.36. The van der Waals surface area contributed by atoms with E-state index in [-0.39, 0.29) is 36.6 Å². The molecule has 2 heterocycles. The van der Waals surface area contributed by atoms with Crippen molar-refractivity contribution in [1.29, 1.82) is 0 Å². The Morgan fingerprint density at radius 2 is 2.03 bits per heavy atom. The molecule has 0 unspecified atom stereocenters. The summed E-state index contributed by atoms with van der Waals surface area (Å²) in [6.07, 6.45) is 2.89. The molecule has 13 heteroatoms. The number of amides is 1. The lowest BCUT2D eigenvalue weighted by atomic mass is 9.97. The molecule has 0 atom stereocenters. The number of hydrogen-bond donors (Lipinski definition) is 5. The topological polar surface area (TPSA) is 153 Å². The molecular formula is C25H27FN6O5S. The number of aromatic nitrogens is 2. The Morgan fingerprint density at radius 3 is 2.68 bits per heavy atom. The maximum absolute atomic E-state index is 15.2. The molecule has 0 fully saturated rings. The zero-order valence-electron chi connectivity index (χ0n) is 20.9. The van der Waals surface area contributed by atoms with E-state index < -0.39 is 11.4 Å². The van der Waals surface area contributed by atoms with Crippen molar-refractivity contribution in [2.75, 3.05) is 30.8 Å². The van der Waals surface area contributed by atoms with Gasteiger partial charge >= 0.3 is 5.63 Å². The second-order valence-corrected chi connectivity index (χ2v) is 8.88. The lowest BCUT2D eigenvalue weighted by molar-refractivity contribution is -0.122. The number of H-pyrrole nitrogens is 1. The molecule has 0 saturated heterocycles.